The van der Waals surface area contributed by atoms with Crippen molar-refractivity contribution in [3.8, 4) is 0 Å². The summed E-state index contributed by atoms with van der Waals surface area (Å²) in [5.74, 6) is 1.05. The fourth-order valence-corrected chi connectivity index (χ4v) is 3.23. The molecule has 1 heterocycles. The van der Waals surface area contributed by atoms with Crippen LogP contribution in [-0.4, -0.2) is 27.5 Å². The van der Waals surface area contributed by atoms with Crippen LogP contribution in [0, 0.1) is 0 Å². The SMILES string of the molecule is CC(C)(O)CC1(C=O)CCCS1. The van der Waals surface area contributed by atoms with Gasteiger partial charge in [-0.2, -0.15) is 0 Å². The van der Waals surface area contributed by atoms with E-state index >= 15 is 0 Å². The van der Waals surface area contributed by atoms with E-state index in [9.17, 15) is 9.90 Å². The molecule has 0 spiro atoms. The van der Waals surface area contributed by atoms with Gasteiger partial charge in [0.2, 0.25) is 0 Å². The Morgan fingerprint density at radius 3 is 2.67 bits per heavy atom. The number of aliphatic hydroxyl groups is 1. The standard InChI is InChI=1S/C9H16O2S/c1-8(2,11)6-9(7-10)4-3-5-12-9/h7,11H,3-6H2,1-2H3. The molecule has 1 aliphatic heterocycles. The lowest BCUT2D eigenvalue weighted by Crippen LogP contribution is -2.34. The summed E-state index contributed by atoms with van der Waals surface area (Å²) in [6.07, 6.45) is 3.61. The third-order valence-corrected chi connectivity index (χ3v) is 3.59. The molecule has 2 nitrogen and oxygen atoms in total. The first kappa shape index (κ1) is 10.1. The first-order valence-electron chi connectivity index (χ1n) is 4.30. The molecule has 0 aromatic carbocycles. The lowest BCUT2D eigenvalue weighted by atomic mass is 9.91. The molecule has 0 saturated carbocycles. The molecule has 0 aromatic rings. The predicted octanol–water partition coefficient (Wildman–Crippen LogP) is 1.61. The zero-order valence-corrected chi connectivity index (χ0v) is 8.49. The van der Waals surface area contributed by atoms with Crippen LogP contribution in [0.15, 0.2) is 0 Å². The van der Waals surface area contributed by atoms with Crippen molar-refractivity contribution in [3.05, 3.63) is 0 Å². The minimum Gasteiger partial charge on any atom is -0.390 e. The number of thioether (sulfide) groups is 1. The van der Waals surface area contributed by atoms with E-state index < -0.39 is 5.60 Å². The van der Waals surface area contributed by atoms with Gasteiger partial charge in [-0.3, -0.25) is 0 Å². The molecule has 1 N–H and O–H groups in total. The molecule has 1 unspecified atom stereocenters. The molecule has 0 aliphatic carbocycles. The molecule has 1 rings (SSSR count). The van der Waals surface area contributed by atoms with Gasteiger partial charge in [0.15, 0.2) is 0 Å². The smallest absolute Gasteiger partial charge is 0.136 e. The van der Waals surface area contributed by atoms with Crippen LogP contribution in [0.5, 0.6) is 0 Å². The second-order valence-corrected chi connectivity index (χ2v) is 5.63. The fourth-order valence-electron chi connectivity index (χ4n) is 1.73. The second-order valence-electron chi connectivity index (χ2n) is 4.12. The summed E-state index contributed by atoms with van der Waals surface area (Å²) >= 11 is 1.69. The highest BCUT2D eigenvalue weighted by molar-refractivity contribution is 8.01. The van der Waals surface area contributed by atoms with E-state index in [0.717, 1.165) is 24.9 Å². The highest BCUT2D eigenvalue weighted by Gasteiger charge is 2.38. The van der Waals surface area contributed by atoms with Gasteiger partial charge in [-0.1, -0.05) is 0 Å². The van der Waals surface area contributed by atoms with Crippen LogP contribution in [0.1, 0.15) is 33.1 Å². The summed E-state index contributed by atoms with van der Waals surface area (Å²) in [4.78, 5) is 10.9. The van der Waals surface area contributed by atoms with Crippen LogP contribution in [0.4, 0.5) is 0 Å². The van der Waals surface area contributed by atoms with Gasteiger partial charge in [0.05, 0.1) is 10.3 Å². The van der Waals surface area contributed by atoms with Crippen molar-refractivity contribution < 1.29 is 9.90 Å². The van der Waals surface area contributed by atoms with Crippen molar-refractivity contribution in [1.82, 2.24) is 0 Å². The van der Waals surface area contributed by atoms with Crippen LogP contribution in [0.25, 0.3) is 0 Å². The number of rotatable bonds is 3. The topological polar surface area (TPSA) is 37.3 Å². The van der Waals surface area contributed by atoms with Crippen molar-refractivity contribution in [3.63, 3.8) is 0 Å². The van der Waals surface area contributed by atoms with Crippen molar-refractivity contribution in [2.24, 2.45) is 0 Å². The maximum atomic E-state index is 10.9. The minimum absolute atomic E-state index is 0.293. The molecule has 0 aromatic heterocycles. The molecule has 1 aliphatic rings. The van der Waals surface area contributed by atoms with E-state index in [1.54, 1.807) is 25.6 Å². The zero-order chi connectivity index (χ0) is 9.24. The summed E-state index contributed by atoms with van der Waals surface area (Å²) < 4.78 is -0.293. The molecular formula is C9H16O2S. The van der Waals surface area contributed by atoms with Crippen LogP contribution in [0.2, 0.25) is 0 Å². The maximum absolute atomic E-state index is 10.9. The van der Waals surface area contributed by atoms with Gasteiger partial charge in [-0.25, -0.2) is 0 Å². The minimum atomic E-state index is -0.724. The Kier molecular flexibility index (Phi) is 2.84. The average Bonchev–Trinajstić information content (AvgIpc) is 2.34. The van der Waals surface area contributed by atoms with Crippen LogP contribution >= 0.6 is 11.8 Å². The monoisotopic (exact) mass is 188 g/mol. The summed E-state index contributed by atoms with van der Waals surface area (Å²) in [6, 6.07) is 0. The Labute approximate surface area is 77.7 Å². The molecular weight excluding hydrogens is 172 g/mol. The fraction of sp³-hybridized carbons (Fsp3) is 0.889. The molecule has 1 fully saturated rings. The summed E-state index contributed by atoms with van der Waals surface area (Å²) in [6.45, 7) is 3.52. The Morgan fingerprint density at radius 2 is 2.33 bits per heavy atom. The van der Waals surface area contributed by atoms with Gasteiger partial charge in [0.25, 0.3) is 0 Å². The van der Waals surface area contributed by atoms with E-state index in [1.807, 2.05) is 0 Å². The summed E-state index contributed by atoms with van der Waals surface area (Å²) in [7, 11) is 0. The second kappa shape index (κ2) is 3.38. The highest BCUT2D eigenvalue weighted by Crippen LogP contribution is 2.41. The lowest BCUT2D eigenvalue weighted by molar-refractivity contribution is -0.111. The summed E-state index contributed by atoms with van der Waals surface area (Å²) in [5, 5.41) is 9.60. The van der Waals surface area contributed by atoms with E-state index in [0.29, 0.717) is 6.42 Å². The quantitative estimate of drug-likeness (QED) is 0.684. The molecule has 1 saturated heterocycles. The first-order chi connectivity index (χ1) is 5.47. The molecule has 0 radical (unpaired) electrons. The average molecular weight is 188 g/mol. The van der Waals surface area contributed by atoms with Crippen molar-refractivity contribution in [2.45, 2.75) is 43.5 Å². The van der Waals surface area contributed by atoms with Crippen molar-refractivity contribution >= 4 is 18.0 Å². The van der Waals surface area contributed by atoms with Crippen LogP contribution < -0.4 is 0 Å². The van der Waals surface area contributed by atoms with Gasteiger partial charge in [0.1, 0.15) is 6.29 Å². The largest absolute Gasteiger partial charge is 0.390 e. The molecule has 12 heavy (non-hydrogen) atoms. The van der Waals surface area contributed by atoms with Gasteiger partial charge in [0, 0.05) is 0 Å². The normalized spacial score (nSPS) is 30.6. The number of hydrogen-bond acceptors (Lipinski definition) is 3. The Morgan fingerprint density at radius 1 is 1.67 bits per heavy atom. The molecule has 0 amide bonds. The van der Waals surface area contributed by atoms with Gasteiger partial charge in [-0.15, -0.1) is 11.8 Å². The van der Waals surface area contributed by atoms with E-state index in [2.05, 4.69) is 0 Å². The number of carbonyl (C=O) groups is 1. The highest BCUT2D eigenvalue weighted by atomic mass is 32.2. The van der Waals surface area contributed by atoms with Crippen molar-refractivity contribution in [2.75, 3.05) is 5.75 Å². The Balaban J connectivity index is 2.62. The molecule has 0 bridgehead atoms. The molecule has 3 heteroatoms. The van der Waals surface area contributed by atoms with Gasteiger partial charge in [-0.05, 0) is 38.9 Å². The maximum Gasteiger partial charge on any atom is 0.136 e. The van der Waals surface area contributed by atoms with E-state index in [1.165, 1.54) is 0 Å². The third kappa shape index (κ3) is 2.49. The summed E-state index contributed by atoms with van der Waals surface area (Å²) in [5.41, 5.74) is -0.724. The van der Waals surface area contributed by atoms with Gasteiger partial charge >= 0.3 is 0 Å². The lowest BCUT2D eigenvalue weighted by Gasteiger charge is -2.28. The molecule has 70 valence electrons. The van der Waals surface area contributed by atoms with E-state index in [-0.39, 0.29) is 4.75 Å². The molecule has 1 atom stereocenters. The Bertz CT molecular complexity index is 166. The van der Waals surface area contributed by atoms with Gasteiger partial charge < -0.3 is 9.90 Å². The number of carbonyl (C=O) groups excluding carboxylic acids is 1. The predicted molar refractivity (Wildman–Crippen MR) is 51.4 cm³/mol. The van der Waals surface area contributed by atoms with Crippen LogP contribution in [0.3, 0.4) is 0 Å². The van der Waals surface area contributed by atoms with Crippen molar-refractivity contribution in [1.29, 1.82) is 0 Å². The third-order valence-electron chi connectivity index (χ3n) is 2.08. The zero-order valence-electron chi connectivity index (χ0n) is 7.67. The van der Waals surface area contributed by atoms with Crippen LogP contribution in [-0.2, 0) is 4.79 Å². The first-order valence-corrected chi connectivity index (χ1v) is 5.29. The number of hydrogen-bond donors (Lipinski definition) is 1. The van der Waals surface area contributed by atoms with E-state index in [4.69, 9.17) is 0 Å². The Hall–Kier alpha value is -0.0200. The number of aldehydes is 1.